The average Bonchev–Trinajstić information content (AvgIpc) is 3.28. The lowest BCUT2D eigenvalue weighted by atomic mass is 9.85. The number of carbonyl (C=O) groups excluding carboxylic acids is 4. The second kappa shape index (κ2) is 11.0. The van der Waals surface area contributed by atoms with E-state index in [1.165, 1.54) is 26.1 Å². The van der Waals surface area contributed by atoms with Crippen LogP contribution in [0.25, 0.3) is 0 Å². The first-order valence-corrected chi connectivity index (χ1v) is 11.7. The van der Waals surface area contributed by atoms with E-state index in [0.717, 1.165) is 11.5 Å². The number of ketones is 3. The SMILES string of the molecule is CC(=O)C(=O)Oc1c(C(=O)CCc2ccc(F)c(C)c2)nc(C(C)(C)CC(=O)c2nnc(C)o2)n(C)c1=O. The topological polar surface area (TPSA) is 151 Å². The zero-order valence-corrected chi connectivity index (χ0v) is 21.9. The number of halogens is 1. The van der Waals surface area contributed by atoms with Crippen LogP contribution in [0.2, 0.25) is 0 Å². The molecule has 0 N–H and O–H groups in total. The molecule has 0 spiro atoms. The number of Topliss-reactive ketones (excluding diaryl/α,β-unsaturated/α-hetero) is 3. The second-order valence-electron chi connectivity index (χ2n) is 9.54. The molecule has 38 heavy (non-hydrogen) atoms. The number of aryl methyl sites for hydroxylation is 3. The van der Waals surface area contributed by atoms with Gasteiger partial charge in [0.05, 0.1) is 0 Å². The van der Waals surface area contributed by atoms with E-state index < -0.39 is 45.7 Å². The molecule has 0 saturated heterocycles. The van der Waals surface area contributed by atoms with Crippen molar-refractivity contribution in [2.24, 2.45) is 7.05 Å². The van der Waals surface area contributed by atoms with Crippen molar-refractivity contribution in [2.75, 3.05) is 0 Å². The Bertz CT molecular complexity index is 1500. The normalized spacial score (nSPS) is 11.3. The van der Waals surface area contributed by atoms with Crippen LogP contribution >= 0.6 is 0 Å². The van der Waals surface area contributed by atoms with Crippen molar-refractivity contribution in [3.05, 3.63) is 68.8 Å². The van der Waals surface area contributed by atoms with E-state index in [2.05, 4.69) is 15.2 Å². The lowest BCUT2D eigenvalue weighted by Crippen LogP contribution is -2.36. The van der Waals surface area contributed by atoms with Crippen molar-refractivity contribution in [2.45, 2.75) is 59.3 Å². The van der Waals surface area contributed by atoms with E-state index in [-0.39, 0.29) is 42.7 Å². The van der Waals surface area contributed by atoms with Gasteiger partial charge >= 0.3 is 5.97 Å². The fourth-order valence-corrected chi connectivity index (χ4v) is 3.84. The molecule has 12 heteroatoms. The molecule has 2 aromatic heterocycles. The van der Waals surface area contributed by atoms with Crippen LogP contribution in [-0.2, 0) is 28.5 Å². The predicted molar refractivity (Wildman–Crippen MR) is 131 cm³/mol. The van der Waals surface area contributed by atoms with Crippen molar-refractivity contribution in [1.82, 2.24) is 19.7 Å². The number of hydrogen-bond acceptors (Lipinski definition) is 10. The molecule has 0 aliphatic rings. The van der Waals surface area contributed by atoms with Gasteiger partial charge in [-0.15, -0.1) is 10.2 Å². The van der Waals surface area contributed by atoms with Gasteiger partial charge in [0.2, 0.25) is 23.2 Å². The number of aromatic nitrogens is 4. The maximum absolute atomic E-state index is 13.6. The van der Waals surface area contributed by atoms with Crippen molar-refractivity contribution in [3.8, 4) is 5.75 Å². The third-order valence-electron chi connectivity index (χ3n) is 5.83. The molecule has 0 radical (unpaired) electrons. The first-order chi connectivity index (χ1) is 17.7. The maximum Gasteiger partial charge on any atom is 0.379 e. The summed E-state index contributed by atoms with van der Waals surface area (Å²) in [5.74, 6) is -4.48. The molecular formula is C26H27FN4O7. The van der Waals surface area contributed by atoms with E-state index in [9.17, 15) is 28.4 Å². The Kier molecular flexibility index (Phi) is 8.13. The monoisotopic (exact) mass is 526 g/mol. The van der Waals surface area contributed by atoms with Gasteiger partial charge in [0, 0.05) is 39.2 Å². The number of nitrogens with zero attached hydrogens (tertiary/aromatic N) is 4. The molecule has 2 heterocycles. The van der Waals surface area contributed by atoms with Gasteiger partial charge in [0.25, 0.3) is 11.4 Å². The lowest BCUT2D eigenvalue weighted by molar-refractivity contribution is -0.146. The van der Waals surface area contributed by atoms with Crippen LogP contribution in [-0.4, -0.2) is 43.1 Å². The minimum atomic E-state index is -1.33. The third kappa shape index (κ3) is 6.13. The molecule has 3 rings (SSSR count). The molecule has 3 aromatic rings. The van der Waals surface area contributed by atoms with Gasteiger partial charge in [-0.1, -0.05) is 26.0 Å². The standard InChI is InChI=1S/C26H27FN4O7/c1-13-11-16(7-9-17(13)27)8-10-18(33)20-21(38-24(36)14(2)32)23(35)31(6)25(28-20)26(4,5)12-19(34)22-30-29-15(3)37-22/h7,9,11H,8,10,12H2,1-6H3. The third-order valence-corrected chi connectivity index (χ3v) is 5.83. The largest absolute Gasteiger partial charge is 0.419 e. The molecule has 1 aromatic carbocycles. The Labute approximate surface area is 217 Å². The van der Waals surface area contributed by atoms with Gasteiger partial charge in [-0.2, -0.15) is 0 Å². The van der Waals surface area contributed by atoms with E-state index in [4.69, 9.17) is 9.15 Å². The lowest BCUT2D eigenvalue weighted by Gasteiger charge is -2.26. The summed E-state index contributed by atoms with van der Waals surface area (Å²) < 4.78 is 24.8. The maximum atomic E-state index is 13.6. The van der Waals surface area contributed by atoms with Gasteiger partial charge < -0.3 is 9.15 Å². The Morgan fingerprint density at radius 2 is 1.79 bits per heavy atom. The number of esters is 1. The molecule has 0 amide bonds. The molecule has 0 saturated carbocycles. The fraction of sp³-hybridized carbons (Fsp3) is 0.385. The summed E-state index contributed by atoms with van der Waals surface area (Å²) in [6.45, 7) is 7.35. The molecule has 0 aliphatic heterocycles. The number of benzene rings is 1. The average molecular weight is 527 g/mol. The molecule has 11 nitrogen and oxygen atoms in total. The smallest absolute Gasteiger partial charge is 0.379 e. The van der Waals surface area contributed by atoms with Crippen LogP contribution < -0.4 is 10.3 Å². The van der Waals surface area contributed by atoms with Crippen LogP contribution in [0.3, 0.4) is 0 Å². The molecule has 200 valence electrons. The van der Waals surface area contributed by atoms with E-state index in [0.29, 0.717) is 11.1 Å². The van der Waals surface area contributed by atoms with Crippen LogP contribution in [0.15, 0.2) is 27.4 Å². The predicted octanol–water partition coefficient (Wildman–Crippen LogP) is 2.78. The quantitative estimate of drug-likeness (QED) is 0.219. The van der Waals surface area contributed by atoms with Gasteiger partial charge in [0.1, 0.15) is 11.6 Å². The molecule has 0 bridgehead atoms. The Morgan fingerprint density at radius 3 is 2.37 bits per heavy atom. The zero-order chi connectivity index (χ0) is 28.4. The summed E-state index contributed by atoms with van der Waals surface area (Å²) in [5, 5.41) is 7.35. The fourth-order valence-electron chi connectivity index (χ4n) is 3.84. The first kappa shape index (κ1) is 28.2. The zero-order valence-electron chi connectivity index (χ0n) is 21.9. The van der Waals surface area contributed by atoms with Gasteiger partial charge in [-0.25, -0.2) is 14.2 Å². The molecule has 0 unspecified atom stereocenters. The van der Waals surface area contributed by atoms with E-state index in [1.807, 2.05) is 0 Å². The van der Waals surface area contributed by atoms with Crippen LogP contribution in [0.5, 0.6) is 5.75 Å². The van der Waals surface area contributed by atoms with Crippen molar-refractivity contribution in [1.29, 1.82) is 0 Å². The van der Waals surface area contributed by atoms with Crippen LogP contribution in [0.4, 0.5) is 4.39 Å². The minimum absolute atomic E-state index is 0.0516. The van der Waals surface area contributed by atoms with E-state index in [1.54, 1.807) is 26.8 Å². The molecular weight excluding hydrogens is 499 g/mol. The van der Waals surface area contributed by atoms with Crippen LogP contribution in [0.1, 0.15) is 77.6 Å². The Morgan fingerprint density at radius 1 is 1.11 bits per heavy atom. The highest BCUT2D eigenvalue weighted by atomic mass is 19.1. The molecule has 0 aliphatic carbocycles. The van der Waals surface area contributed by atoms with Gasteiger partial charge in [-0.05, 0) is 30.5 Å². The second-order valence-corrected chi connectivity index (χ2v) is 9.54. The van der Waals surface area contributed by atoms with Crippen LogP contribution in [0, 0.1) is 19.7 Å². The molecule has 0 fully saturated rings. The number of hydrogen-bond donors (Lipinski definition) is 0. The summed E-state index contributed by atoms with van der Waals surface area (Å²) in [6.07, 6.45) is -0.176. The van der Waals surface area contributed by atoms with Crippen molar-refractivity contribution < 1.29 is 32.7 Å². The van der Waals surface area contributed by atoms with Gasteiger partial charge in [0.15, 0.2) is 11.5 Å². The highest BCUT2D eigenvalue weighted by molar-refractivity contribution is 6.33. The number of rotatable bonds is 10. The number of ether oxygens (including phenoxy) is 1. The summed E-state index contributed by atoms with van der Waals surface area (Å²) in [5.41, 5.74) is -1.38. The Balaban J connectivity index is 2.02. The van der Waals surface area contributed by atoms with Gasteiger partial charge in [-0.3, -0.25) is 23.7 Å². The Hall–Kier alpha value is -4.35. The van der Waals surface area contributed by atoms with E-state index >= 15 is 0 Å². The first-order valence-electron chi connectivity index (χ1n) is 11.7. The summed E-state index contributed by atoms with van der Waals surface area (Å²) in [7, 11) is 1.34. The minimum Gasteiger partial charge on any atom is -0.419 e. The highest BCUT2D eigenvalue weighted by Gasteiger charge is 2.34. The summed E-state index contributed by atoms with van der Waals surface area (Å²) >= 11 is 0. The van der Waals surface area contributed by atoms with Crippen molar-refractivity contribution in [3.63, 3.8) is 0 Å². The van der Waals surface area contributed by atoms with Crippen molar-refractivity contribution >= 4 is 23.3 Å². The molecule has 0 atom stereocenters. The summed E-state index contributed by atoms with van der Waals surface area (Å²) in [4.78, 5) is 67.2. The number of carbonyl (C=O) groups is 4. The highest BCUT2D eigenvalue weighted by Crippen LogP contribution is 2.28. The summed E-state index contributed by atoms with van der Waals surface area (Å²) in [6, 6.07) is 4.41.